The van der Waals surface area contributed by atoms with E-state index in [1.54, 1.807) is 0 Å². The van der Waals surface area contributed by atoms with Crippen LogP contribution in [-0.2, 0) is 5.41 Å². The molecule has 0 spiro atoms. The van der Waals surface area contributed by atoms with Gasteiger partial charge in [0.2, 0.25) is 0 Å². The van der Waals surface area contributed by atoms with Gasteiger partial charge in [0.1, 0.15) is 11.6 Å². The zero-order valence-corrected chi connectivity index (χ0v) is 19.6. The van der Waals surface area contributed by atoms with Crippen LogP contribution in [0.3, 0.4) is 0 Å². The molecule has 2 aromatic heterocycles. The number of nitrogens with one attached hydrogen (secondary N) is 2. The van der Waals surface area contributed by atoms with Gasteiger partial charge in [0, 0.05) is 17.5 Å². The maximum atomic E-state index is 13.5. The van der Waals surface area contributed by atoms with Crippen LogP contribution in [0.1, 0.15) is 56.7 Å². The van der Waals surface area contributed by atoms with Crippen LogP contribution in [0.15, 0.2) is 54.6 Å². The van der Waals surface area contributed by atoms with Gasteiger partial charge in [0.05, 0.1) is 28.5 Å². The minimum absolute atomic E-state index is 0.0760. The van der Waals surface area contributed by atoms with Gasteiger partial charge >= 0.3 is 6.03 Å². The first-order valence-corrected chi connectivity index (χ1v) is 11.5. The molecule has 1 atom stereocenters. The molecule has 2 aromatic carbocycles. The maximum Gasteiger partial charge on any atom is 0.323 e. The zero-order valence-electron chi connectivity index (χ0n) is 19.6. The van der Waals surface area contributed by atoms with Crippen molar-refractivity contribution in [3.05, 3.63) is 71.7 Å². The second-order valence-corrected chi connectivity index (χ2v) is 9.74. The lowest BCUT2D eigenvalue weighted by atomic mass is 9.90. The molecular weight excluding hydrogens is 412 g/mol. The number of amides is 2. The van der Waals surface area contributed by atoms with E-state index in [-0.39, 0.29) is 17.5 Å². The number of aromatic amines is 1. The molecule has 33 heavy (non-hydrogen) atoms. The van der Waals surface area contributed by atoms with E-state index in [0.29, 0.717) is 12.4 Å². The third-order valence-electron chi connectivity index (χ3n) is 6.30. The highest BCUT2D eigenvalue weighted by atomic mass is 16.2. The number of hydrogen-bond acceptors (Lipinski definition) is 3. The zero-order chi connectivity index (χ0) is 23.2. The van der Waals surface area contributed by atoms with E-state index in [1.165, 1.54) is 0 Å². The van der Waals surface area contributed by atoms with E-state index in [0.717, 1.165) is 46.6 Å². The monoisotopic (exact) mass is 442 g/mol. The van der Waals surface area contributed by atoms with E-state index >= 15 is 0 Å². The summed E-state index contributed by atoms with van der Waals surface area (Å²) in [6.07, 6.45) is 1.83. The summed E-state index contributed by atoms with van der Waals surface area (Å²) >= 11 is 0. The summed E-state index contributed by atoms with van der Waals surface area (Å²) in [4.78, 5) is 23.6. The molecule has 170 valence electrons. The van der Waals surface area contributed by atoms with Crippen LogP contribution >= 0.6 is 0 Å². The standard InChI is InChI=1S/C26H30N6O/c1-17-22(26(2,3)4)30-32(18-11-6-5-7-12-18)24(17)29-25(33)31-16-10-15-21(31)23-27-19-13-8-9-14-20(19)28-23/h5-9,11-14,21H,10,15-16H2,1-4H3,(H,27,28)(H,29,33). The molecule has 1 aliphatic heterocycles. The average Bonchev–Trinajstić information content (AvgIpc) is 3.51. The first-order chi connectivity index (χ1) is 15.8. The smallest absolute Gasteiger partial charge is 0.323 e. The molecule has 0 radical (unpaired) electrons. The normalized spacial score (nSPS) is 16.5. The Kier molecular flexibility index (Phi) is 5.19. The first-order valence-electron chi connectivity index (χ1n) is 11.5. The molecule has 3 heterocycles. The topological polar surface area (TPSA) is 78.8 Å². The SMILES string of the molecule is Cc1c(C(C)(C)C)nn(-c2ccccc2)c1NC(=O)N1CCCC1c1nc2ccccc2[nH]1. The van der Waals surface area contributed by atoms with Gasteiger partial charge in [0.15, 0.2) is 0 Å². The van der Waals surface area contributed by atoms with Crippen LogP contribution in [0, 0.1) is 6.92 Å². The molecule has 0 bridgehead atoms. The van der Waals surface area contributed by atoms with Gasteiger partial charge in [-0.05, 0) is 44.0 Å². The first kappa shape index (κ1) is 21.2. The Morgan fingerprint density at radius 2 is 1.82 bits per heavy atom. The predicted molar refractivity (Wildman–Crippen MR) is 131 cm³/mol. The van der Waals surface area contributed by atoms with Gasteiger partial charge in [-0.25, -0.2) is 14.5 Å². The van der Waals surface area contributed by atoms with E-state index in [4.69, 9.17) is 10.1 Å². The van der Waals surface area contributed by atoms with Gasteiger partial charge in [-0.1, -0.05) is 51.1 Å². The maximum absolute atomic E-state index is 13.5. The quantitative estimate of drug-likeness (QED) is 0.426. The highest BCUT2D eigenvalue weighted by Gasteiger charge is 2.34. The number of H-pyrrole nitrogens is 1. The number of carbonyl (C=O) groups excluding carboxylic acids is 1. The van der Waals surface area contributed by atoms with Crippen LogP contribution in [0.4, 0.5) is 10.6 Å². The molecule has 5 rings (SSSR count). The number of likely N-dealkylation sites (tertiary alicyclic amines) is 1. The molecule has 2 amide bonds. The van der Waals surface area contributed by atoms with Crippen molar-refractivity contribution >= 4 is 22.9 Å². The number of anilines is 1. The minimum Gasteiger partial charge on any atom is -0.340 e. The molecule has 2 N–H and O–H groups in total. The lowest BCUT2D eigenvalue weighted by molar-refractivity contribution is 0.205. The van der Waals surface area contributed by atoms with Gasteiger partial charge in [-0.15, -0.1) is 0 Å². The Balaban J connectivity index is 1.48. The summed E-state index contributed by atoms with van der Waals surface area (Å²) in [5.74, 6) is 1.55. The Bertz CT molecular complexity index is 1260. The molecule has 1 fully saturated rings. The van der Waals surface area contributed by atoms with E-state index in [2.05, 4.69) is 31.1 Å². The van der Waals surface area contributed by atoms with E-state index in [1.807, 2.05) is 71.1 Å². The Morgan fingerprint density at radius 3 is 2.55 bits per heavy atom. The van der Waals surface area contributed by atoms with E-state index < -0.39 is 0 Å². The number of aromatic nitrogens is 4. The number of nitrogens with zero attached hydrogens (tertiary/aromatic N) is 4. The number of rotatable bonds is 3. The molecule has 7 nitrogen and oxygen atoms in total. The third-order valence-corrected chi connectivity index (χ3v) is 6.30. The largest absolute Gasteiger partial charge is 0.340 e. The summed E-state index contributed by atoms with van der Waals surface area (Å²) in [7, 11) is 0. The Labute approximate surface area is 193 Å². The van der Waals surface area contributed by atoms with Gasteiger partial charge < -0.3 is 9.88 Å². The predicted octanol–water partition coefficient (Wildman–Crippen LogP) is 5.72. The van der Waals surface area contributed by atoms with Gasteiger partial charge in [-0.2, -0.15) is 5.10 Å². The summed E-state index contributed by atoms with van der Waals surface area (Å²) in [5, 5.41) is 8.09. The van der Waals surface area contributed by atoms with Crippen molar-refractivity contribution in [1.82, 2.24) is 24.6 Å². The number of fused-ring (bicyclic) bond motifs is 1. The van der Waals surface area contributed by atoms with Gasteiger partial charge in [-0.3, -0.25) is 5.32 Å². The number of para-hydroxylation sites is 3. The molecule has 7 heteroatoms. The second-order valence-electron chi connectivity index (χ2n) is 9.74. The van der Waals surface area contributed by atoms with Crippen molar-refractivity contribution in [2.75, 3.05) is 11.9 Å². The fourth-order valence-electron chi connectivity index (χ4n) is 4.71. The Morgan fingerprint density at radius 1 is 1.09 bits per heavy atom. The van der Waals surface area contributed by atoms with Crippen molar-refractivity contribution in [3.63, 3.8) is 0 Å². The minimum atomic E-state index is -0.145. The number of imidazole rings is 1. The molecule has 1 aliphatic rings. The summed E-state index contributed by atoms with van der Waals surface area (Å²) < 4.78 is 1.85. The number of urea groups is 1. The molecule has 4 aromatic rings. The summed E-state index contributed by atoms with van der Waals surface area (Å²) in [6, 6.07) is 17.7. The van der Waals surface area contributed by atoms with Crippen LogP contribution in [0.5, 0.6) is 0 Å². The van der Waals surface area contributed by atoms with Crippen LogP contribution in [0.25, 0.3) is 16.7 Å². The van der Waals surface area contributed by atoms with Crippen molar-refractivity contribution in [1.29, 1.82) is 0 Å². The van der Waals surface area contributed by atoms with Gasteiger partial charge in [0.25, 0.3) is 0 Å². The summed E-state index contributed by atoms with van der Waals surface area (Å²) in [5.41, 5.74) is 4.64. The highest BCUT2D eigenvalue weighted by Crippen LogP contribution is 2.34. The molecule has 0 aliphatic carbocycles. The van der Waals surface area contributed by atoms with Crippen molar-refractivity contribution in [2.24, 2.45) is 0 Å². The second kappa shape index (κ2) is 8.06. The van der Waals surface area contributed by atoms with Crippen molar-refractivity contribution in [2.45, 2.75) is 52.0 Å². The van der Waals surface area contributed by atoms with Crippen LogP contribution < -0.4 is 5.32 Å². The van der Waals surface area contributed by atoms with Crippen LogP contribution in [-0.4, -0.2) is 37.2 Å². The third kappa shape index (κ3) is 3.88. The number of benzene rings is 2. The molecule has 1 unspecified atom stereocenters. The van der Waals surface area contributed by atoms with Crippen molar-refractivity contribution in [3.8, 4) is 5.69 Å². The van der Waals surface area contributed by atoms with Crippen LogP contribution in [0.2, 0.25) is 0 Å². The average molecular weight is 443 g/mol. The molecule has 0 saturated carbocycles. The summed E-state index contributed by atoms with van der Waals surface area (Å²) in [6.45, 7) is 9.14. The lowest BCUT2D eigenvalue weighted by Gasteiger charge is -2.24. The highest BCUT2D eigenvalue weighted by molar-refractivity contribution is 5.90. The fourth-order valence-corrected chi connectivity index (χ4v) is 4.71. The number of hydrogen-bond donors (Lipinski definition) is 2. The fraction of sp³-hybridized carbons (Fsp3) is 0.346. The lowest BCUT2D eigenvalue weighted by Crippen LogP contribution is -2.35. The number of carbonyl (C=O) groups is 1. The Hall–Kier alpha value is -3.61. The molecule has 1 saturated heterocycles. The van der Waals surface area contributed by atoms with E-state index in [9.17, 15) is 4.79 Å². The van der Waals surface area contributed by atoms with Crippen molar-refractivity contribution < 1.29 is 4.79 Å². The molecular formula is C26H30N6O.